The van der Waals surface area contributed by atoms with Crippen LogP contribution in [0.25, 0.3) is 0 Å². The molecule has 2 heterocycles. The molecule has 4 nitrogen and oxygen atoms in total. The topological polar surface area (TPSA) is 47.0 Å². The monoisotopic (exact) mass is 245 g/mol. The number of nitrogens with zero attached hydrogens (tertiary/aromatic N) is 2. The van der Waals surface area contributed by atoms with Crippen molar-refractivity contribution in [3.63, 3.8) is 0 Å². The second kappa shape index (κ2) is 3.67. The highest BCUT2D eigenvalue weighted by atomic mass is 16.5. The molecule has 1 spiro atoms. The van der Waals surface area contributed by atoms with Crippen LogP contribution in [0.2, 0.25) is 0 Å². The standard InChI is InChI=1S/C14H19N3O/c1-9-7-15-13(16-8-9)17-11-10-3-6-18-12(10)14(11)4-2-5-14/h7-8,10-12H,2-6H2,1H3,(H,15,16,17). The van der Waals surface area contributed by atoms with E-state index in [1.807, 2.05) is 19.3 Å². The van der Waals surface area contributed by atoms with Gasteiger partial charge in [0.1, 0.15) is 0 Å². The van der Waals surface area contributed by atoms with E-state index in [0.29, 0.717) is 23.5 Å². The summed E-state index contributed by atoms with van der Waals surface area (Å²) < 4.78 is 5.92. The third-order valence-electron chi connectivity index (χ3n) is 5.10. The van der Waals surface area contributed by atoms with Crippen LogP contribution in [0.15, 0.2) is 12.4 Å². The Hall–Kier alpha value is -1.16. The van der Waals surface area contributed by atoms with Gasteiger partial charge in [0, 0.05) is 36.4 Å². The first-order valence-electron chi connectivity index (χ1n) is 6.96. The molecule has 3 aliphatic rings. The highest BCUT2D eigenvalue weighted by Crippen LogP contribution is 2.63. The molecule has 18 heavy (non-hydrogen) atoms. The minimum absolute atomic E-state index is 0.398. The van der Waals surface area contributed by atoms with Crippen LogP contribution in [0.1, 0.15) is 31.2 Å². The second-order valence-corrected chi connectivity index (χ2v) is 6.04. The van der Waals surface area contributed by atoms with Gasteiger partial charge in [-0.2, -0.15) is 0 Å². The van der Waals surface area contributed by atoms with Crippen LogP contribution in [-0.4, -0.2) is 28.7 Å². The fourth-order valence-corrected chi connectivity index (χ4v) is 4.06. The summed E-state index contributed by atoms with van der Waals surface area (Å²) in [5, 5.41) is 3.57. The van der Waals surface area contributed by atoms with Gasteiger partial charge in [-0.15, -0.1) is 0 Å². The van der Waals surface area contributed by atoms with Gasteiger partial charge >= 0.3 is 0 Å². The molecule has 3 atom stereocenters. The van der Waals surface area contributed by atoms with Crippen molar-refractivity contribution in [1.82, 2.24) is 9.97 Å². The van der Waals surface area contributed by atoms with Crippen LogP contribution in [0.5, 0.6) is 0 Å². The van der Waals surface area contributed by atoms with Crippen molar-refractivity contribution in [1.29, 1.82) is 0 Å². The van der Waals surface area contributed by atoms with Gasteiger partial charge in [0.15, 0.2) is 0 Å². The van der Waals surface area contributed by atoms with Gasteiger partial charge in [-0.1, -0.05) is 6.42 Å². The van der Waals surface area contributed by atoms with E-state index in [2.05, 4.69) is 15.3 Å². The lowest BCUT2D eigenvalue weighted by Crippen LogP contribution is -2.69. The van der Waals surface area contributed by atoms with Gasteiger partial charge in [0.05, 0.1) is 6.10 Å². The molecule has 2 saturated carbocycles. The Kier molecular flexibility index (Phi) is 2.19. The molecule has 3 unspecified atom stereocenters. The number of hydrogen-bond donors (Lipinski definition) is 1. The maximum Gasteiger partial charge on any atom is 0.222 e. The minimum atomic E-state index is 0.398. The van der Waals surface area contributed by atoms with E-state index >= 15 is 0 Å². The molecule has 0 bridgehead atoms. The zero-order chi connectivity index (χ0) is 12.2. The maximum absolute atomic E-state index is 5.92. The lowest BCUT2D eigenvalue weighted by molar-refractivity contribution is -0.158. The predicted molar refractivity (Wildman–Crippen MR) is 68.3 cm³/mol. The fraction of sp³-hybridized carbons (Fsp3) is 0.714. The van der Waals surface area contributed by atoms with Gasteiger partial charge in [0.2, 0.25) is 5.95 Å². The molecule has 4 rings (SSSR count). The third kappa shape index (κ3) is 1.30. The maximum atomic E-state index is 5.92. The van der Waals surface area contributed by atoms with Crippen LogP contribution in [0.3, 0.4) is 0 Å². The first kappa shape index (κ1) is 10.7. The summed E-state index contributed by atoms with van der Waals surface area (Å²) in [5.74, 6) is 1.46. The van der Waals surface area contributed by atoms with E-state index in [1.165, 1.54) is 25.7 Å². The molecular weight excluding hydrogens is 226 g/mol. The van der Waals surface area contributed by atoms with E-state index in [0.717, 1.165) is 18.1 Å². The van der Waals surface area contributed by atoms with Crippen molar-refractivity contribution in [3.05, 3.63) is 18.0 Å². The fourth-order valence-electron chi connectivity index (χ4n) is 4.06. The second-order valence-electron chi connectivity index (χ2n) is 6.04. The number of ether oxygens (including phenoxy) is 1. The number of aromatic nitrogens is 2. The molecule has 4 heteroatoms. The number of fused-ring (bicyclic) bond motifs is 2. The summed E-state index contributed by atoms with van der Waals surface area (Å²) in [4.78, 5) is 8.75. The smallest absolute Gasteiger partial charge is 0.222 e. The Bertz CT molecular complexity index is 455. The lowest BCUT2D eigenvalue weighted by atomic mass is 9.46. The van der Waals surface area contributed by atoms with Gasteiger partial charge in [-0.3, -0.25) is 0 Å². The summed E-state index contributed by atoms with van der Waals surface area (Å²) >= 11 is 0. The van der Waals surface area contributed by atoms with Crippen molar-refractivity contribution in [2.75, 3.05) is 11.9 Å². The van der Waals surface area contributed by atoms with E-state index < -0.39 is 0 Å². The first-order chi connectivity index (χ1) is 8.79. The molecule has 1 aromatic rings. The van der Waals surface area contributed by atoms with Crippen molar-refractivity contribution in [3.8, 4) is 0 Å². The minimum Gasteiger partial charge on any atom is -0.377 e. The predicted octanol–water partition coefficient (Wildman–Crippen LogP) is 2.15. The molecule has 2 aliphatic carbocycles. The summed E-state index contributed by atoms with van der Waals surface area (Å²) in [6.07, 6.45) is 9.41. The van der Waals surface area contributed by atoms with Gasteiger partial charge in [0.25, 0.3) is 0 Å². The molecular formula is C14H19N3O. The lowest BCUT2D eigenvalue weighted by Gasteiger charge is -2.63. The van der Waals surface area contributed by atoms with E-state index in [9.17, 15) is 0 Å². The number of rotatable bonds is 2. The molecule has 1 N–H and O–H groups in total. The molecule has 0 amide bonds. The van der Waals surface area contributed by atoms with Crippen molar-refractivity contribution in [2.24, 2.45) is 11.3 Å². The van der Waals surface area contributed by atoms with Gasteiger partial charge in [-0.05, 0) is 31.7 Å². The summed E-state index contributed by atoms with van der Waals surface area (Å²) in [6, 6.07) is 0.529. The zero-order valence-electron chi connectivity index (χ0n) is 10.7. The van der Waals surface area contributed by atoms with E-state index in [-0.39, 0.29) is 0 Å². The molecule has 0 radical (unpaired) electrons. The summed E-state index contributed by atoms with van der Waals surface area (Å²) in [5.41, 5.74) is 1.50. The SMILES string of the molecule is Cc1cnc(NC2C3CCOC3C23CCC3)nc1. The van der Waals surface area contributed by atoms with Crippen LogP contribution in [0.4, 0.5) is 5.95 Å². The Morgan fingerprint density at radius 1 is 1.33 bits per heavy atom. The normalized spacial score (nSPS) is 35.7. The van der Waals surface area contributed by atoms with Crippen molar-refractivity contribution in [2.45, 2.75) is 44.8 Å². The van der Waals surface area contributed by atoms with Gasteiger partial charge in [-0.25, -0.2) is 9.97 Å². The molecule has 1 saturated heterocycles. The number of aryl methyl sites for hydroxylation is 1. The third-order valence-corrected chi connectivity index (χ3v) is 5.10. The Balaban J connectivity index is 1.55. The summed E-state index contributed by atoms with van der Waals surface area (Å²) in [7, 11) is 0. The van der Waals surface area contributed by atoms with Crippen LogP contribution in [-0.2, 0) is 4.74 Å². The molecule has 1 aliphatic heterocycles. The average molecular weight is 245 g/mol. The van der Waals surface area contributed by atoms with Crippen LogP contribution < -0.4 is 5.32 Å². The van der Waals surface area contributed by atoms with E-state index in [4.69, 9.17) is 4.74 Å². The quantitative estimate of drug-likeness (QED) is 0.867. The van der Waals surface area contributed by atoms with Crippen molar-refractivity contribution < 1.29 is 4.74 Å². The first-order valence-corrected chi connectivity index (χ1v) is 6.96. The Morgan fingerprint density at radius 3 is 2.78 bits per heavy atom. The number of nitrogens with one attached hydrogen (secondary N) is 1. The molecule has 1 aromatic heterocycles. The van der Waals surface area contributed by atoms with Gasteiger partial charge < -0.3 is 10.1 Å². The number of anilines is 1. The van der Waals surface area contributed by atoms with Crippen molar-refractivity contribution >= 4 is 5.95 Å². The highest BCUT2D eigenvalue weighted by molar-refractivity contribution is 5.34. The average Bonchev–Trinajstić information content (AvgIpc) is 2.72. The molecule has 0 aromatic carbocycles. The van der Waals surface area contributed by atoms with E-state index in [1.54, 1.807) is 0 Å². The summed E-state index contributed by atoms with van der Waals surface area (Å²) in [6.45, 7) is 2.95. The Labute approximate surface area is 107 Å². The van der Waals surface area contributed by atoms with Crippen LogP contribution in [0, 0.1) is 18.3 Å². The largest absolute Gasteiger partial charge is 0.377 e. The highest BCUT2D eigenvalue weighted by Gasteiger charge is 2.66. The zero-order valence-corrected chi connectivity index (χ0v) is 10.7. The van der Waals surface area contributed by atoms with Crippen LogP contribution >= 0.6 is 0 Å². The molecule has 3 fully saturated rings. The Morgan fingerprint density at radius 2 is 2.11 bits per heavy atom. The number of hydrogen-bond acceptors (Lipinski definition) is 4. The molecule has 96 valence electrons.